The molecule has 0 saturated heterocycles. The molecule has 6 heteroatoms. The minimum absolute atomic E-state index is 0.193. The Morgan fingerprint density at radius 2 is 1.93 bits per heavy atom. The molecular weight excluding hydrogens is 284 g/mol. The van der Waals surface area contributed by atoms with E-state index < -0.39 is 17.0 Å². The maximum atomic E-state index is 12.3. The lowest BCUT2D eigenvalue weighted by Crippen LogP contribution is -2.08. The van der Waals surface area contributed by atoms with Gasteiger partial charge in [-0.25, -0.2) is 0 Å². The molecule has 14 heavy (non-hydrogen) atoms. The van der Waals surface area contributed by atoms with E-state index in [0.29, 0.717) is 0 Å². The molecule has 0 spiro atoms. The van der Waals surface area contributed by atoms with Crippen LogP contribution in [0.3, 0.4) is 0 Å². The number of carbonyl (C=O) groups is 1. The molecule has 76 valence electrons. The maximum Gasteiger partial charge on any atom is 0.417 e. The fourth-order valence-corrected chi connectivity index (χ4v) is 1.84. The molecule has 0 unspecified atom stereocenters. The summed E-state index contributed by atoms with van der Waals surface area (Å²) >= 11 is 7.79. The molecule has 0 aliphatic rings. The zero-order chi connectivity index (χ0) is 10.9. The summed E-state index contributed by atoms with van der Waals surface area (Å²) in [6.07, 6.45) is -4.50. The molecule has 0 radical (unpaired) electrons. The summed E-state index contributed by atoms with van der Waals surface area (Å²) in [4.78, 5) is 10.7. The molecule has 0 bridgehead atoms. The Hall–Kier alpha value is -0.550. The van der Waals surface area contributed by atoms with Crippen LogP contribution in [0.15, 0.2) is 22.7 Å². The summed E-state index contributed by atoms with van der Waals surface area (Å²) in [5.74, 6) is 0. The van der Waals surface area contributed by atoms with Crippen LogP contribution >= 0.6 is 27.5 Å². The third-order valence-corrected chi connectivity index (χ3v) is 2.57. The lowest BCUT2D eigenvalue weighted by atomic mass is 10.1. The van der Waals surface area contributed by atoms with Gasteiger partial charge in [-0.3, -0.25) is 4.79 Å². The van der Waals surface area contributed by atoms with E-state index in [9.17, 15) is 18.0 Å². The monoisotopic (exact) mass is 286 g/mol. The van der Waals surface area contributed by atoms with Crippen molar-refractivity contribution in [2.24, 2.45) is 0 Å². The topological polar surface area (TPSA) is 17.1 Å². The van der Waals surface area contributed by atoms with Gasteiger partial charge in [-0.05, 0) is 39.7 Å². The molecule has 0 amide bonds. The van der Waals surface area contributed by atoms with Crippen LogP contribution in [-0.4, -0.2) is 5.24 Å². The number of benzene rings is 1. The molecule has 0 aliphatic carbocycles. The first-order chi connectivity index (χ1) is 6.34. The standard InChI is InChI=1S/C8H3BrClF3O/c9-6-4(7(10)14)2-1-3-5(6)8(11,12)13/h1-3H. The first-order valence-corrected chi connectivity index (χ1v) is 4.56. The summed E-state index contributed by atoms with van der Waals surface area (Å²) in [5.41, 5.74) is -1.11. The zero-order valence-electron chi connectivity index (χ0n) is 6.53. The van der Waals surface area contributed by atoms with Crippen LogP contribution in [0.25, 0.3) is 0 Å². The predicted octanol–water partition coefficient (Wildman–Crippen LogP) is 3.85. The normalized spacial score (nSPS) is 11.5. The molecule has 0 N–H and O–H groups in total. The van der Waals surface area contributed by atoms with Crippen molar-refractivity contribution in [2.75, 3.05) is 0 Å². The predicted molar refractivity (Wildman–Crippen MR) is 49.3 cm³/mol. The van der Waals surface area contributed by atoms with Gasteiger partial charge in [0.25, 0.3) is 5.24 Å². The number of halogens is 5. The van der Waals surface area contributed by atoms with Crippen LogP contribution in [0.5, 0.6) is 0 Å². The quantitative estimate of drug-likeness (QED) is 0.717. The minimum Gasteiger partial charge on any atom is -0.276 e. The Labute approximate surface area is 91.0 Å². The van der Waals surface area contributed by atoms with Gasteiger partial charge < -0.3 is 0 Å². The molecule has 0 aliphatic heterocycles. The van der Waals surface area contributed by atoms with Crippen LogP contribution in [0.4, 0.5) is 13.2 Å². The zero-order valence-corrected chi connectivity index (χ0v) is 8.87. The Morgan fingerprint density at radius 1 is 1.36 bits per heavy atom. The van der Waals surface area contributed by atoms with E-state index in [1.165, 1.54) is 6.07 Å². The molecule has 1 rings (SSSR count). The van der Waals surface area contributed by atoms with Gasteiger partial charge in [0, 0.05) is 10.0 Å². The van der Waals surface area contributed by atoms with Crippen molar-refractivity contribution in [2.45, 2.75) is 6.18 Å². The van der Waals surface area contributed by atoms with Crippen LogP contribution < -0.4 is 0 Å². The van der Waals surface area contributed by atoms with E-state index in [0.717, 1.165) is 12.1 Å². The van der Waals surface area contributed by atoms with E-state index in [-0.39, 0.29) is 10.0 Å². The van der Waals surface area contributed by atoms with Gasteiger partial charge in [0.15, 0.2) is 0 Å². The second-order valence-electron chi connectivity index (χ2n) is 2.44. The van der Waals surface area contributed by atoms with Gasteiger partial charge in [-0.2, -0.15) is 13.2 Å². The molecular formula is C8H3BrClF3O. The Kier molecular flexibility index (Phi) is 3.21. The SMILES string of the molecule is O=C(Cl)c1cccc(C(F)(F)F)c1Br. The molecule has 0 aromatic heterocycles. The van der Waals surface area contributed by atoms with Gasteiger partial charge in [-0.1, -0.05) is 6.07 Å². The summed E-state index contributed by atoms with van der Waals surface area (Å²) in [5, 5.41) is -0.928. The molecule has 1 aromatic rings. The van der Waals surface area contributed by atoms with E-state index in [1.807, 2.05) is 0 Å². The van der Waals surface area contributed by atoms with Crippen molar-refractivity contribution in [3.05, 3.63) is 33.8 Å². The highest BCUT2D eigenvalue weighted by Gasteiger charge is 2.34. The fraction of sp³-hybridized carbons (Fsp3) is 0.125. The first kappa shape index (κ1) is 11.5. The molecule has 0 saturated carbocycles. The molecule has 1 nitrogen and oxygen atoms in total. The van der Waals surface area contributed by atoms with Gasteiger partial charge in [0.1, 0.15) is 0 Å². The van der Waals surface area contributed by atoms with Gasteiger partial charge in [-0.15, -0.1) is 0 Å². The van der Waals surface area contributed by atoms with E-state index >= 15 is 0 Å². The molecule has 0 heterocycles. The van der Waals surface area contributed by atoms with Crippen LogP contribution in [0.1, 0.15) is 15.9 Å². The summed E-state index contributed by atoms with van der Waals surface area (Å²) in [6, 6.07) is 3.21. The maximum absolute atomic E-state index is 12.3. The lowest BCUT2D eigenvalue weighted by Gasteiger charge is -2.10. The van der Waals surface area contributed by atoms with Crippen LogP contribution in [0.2, 0.25) is 0 Å². The van der Waals surface area contributed by atoms with Crippen molar-refractivity contribution in [3.63, 3.8) is 0 Å². The van der Waals surface area contributed by atoms with Crippen LogP contribution in [0, 0.1) is 0 Å². The highest BCUT2D eigenvalue weighted by molar-refractivity contribution is 9.10. The largest absolute Gasteiger partial charge is 0.417 e. The van der Waals surface area contributed by atoms with Crippen molar-refractivity contribution in [3.8, 4) is 0 Å². The average molecular weight is 287 g/mol. The molecule has 0 atom stereocenters. The van der Waals surface area contributed by atoms with Gasteiger partial charge in [0.2, 0.25) is 0 Å². The first-order valence-electron chi connectivity index (χ1n) is 3.39. The number of carbonyl (C=O) groups excluding carboxylic acids is 1. The van der Waals surface area contributed by atoms with E-state index in [4.69, 9.17) is 11.6 Å². The highest BCUT2D eigenvalue weighted by Crippen LogP contribution is 2.36. The lowest BCUT2D eigenvalue weighted by molar-refractivity contribution is -0.138. The third kappa shape index (κ3) is 2.27. The second-order valence-corrected chi connectivity index (χ2v) is 3.57. The van der Waals surface area contributed by atoms with Gasteiger partial charge >= 0.3 is 6.18 Å². The van der Waals surface area contributed by atoms with Crippen molar-refractivity contribution in [1.82, 2.24) is 0 Å². The molecule has 1 aromatic carbocycles. The van der Waals surface area contributed by atoms with Crippen LogP contribution in [-0.2, 0) is 6.18 Å². The smallest absolute Gasteiger partial charge is 0.276 e. The van der Waals surface area contributed by atoms with Gasteiger partial charge in [0.05, 0.1) is 5.56 Å². The Bertz CT molecular complexity index is 375. The second kappa shape index (κ2) is 3.90. The third-order valence-electron chi connectivity index (χ3n) is 1.52. The van der Waals surface area contributed by atoms with E-state index in [2.05, 4.69) is 15.9 Å². The fourth-order valence-electron chi connectivity index (χ4n) is 0.903. The van der Waals surface area contributed by atoms with Crippen molar-refractivity contribution in [1.29, 1.82) is 0 Å². The average Bonchev–Trinajstić information content (AvgIpc) is 2.01. The highest BCUT2D eigenvalue weighted by atomic mass is 79.9. The van der Waals surface area contributed by atoms with Crippen molar-refractivity contribution < 1.29 is 18.0 Å². The summed E-state index contributed by atoms with van der Waals surface area (Å²) in [6.45, 7) is 0. The summed E-state index contributed by atoms with van der Waals surface area (Å²) in [7, 11) is 0. The Balaban J connectivity index is 3.35. The number of rotatable bonds is 1. The Morgan fingerprint density at radius 3 is 2.36 bits per heavy atom. The van der Waals surface area contributed by atoms with Crippen molar-refractivity contribution >= 4 is 32.8 Å². The number of hydrogen-bond acceptors (Lipinski definition) is 1. The van der Waals surface area contributed by atoms with E-state index in [1.54, 1.807) is 0 Å². The molecule has 0 fully saturated rings. The number of hydrogen-bond donors (Lipinski definition) is 0. The summed E-state index contributed by atoms with van der Waals surface area (Å²) < 4.78 is 36.6. The minimum atomic E-state index is -4.50. The number of alkyl halides is 3.